The first-order valence-electron chi connectivity index (χ1n) is 2.35. The van der Waals surface area contributed by atoms with Crippen LogP contribution in [0.5, 0.6) is 0 Å². The molecule has 4 heteroatoms. The minimum Gasteiger partial charge on any atom is -0.390 e. The second-order valence-electron chi connectivity index (χ2n) is 1.38. The third kappa shape index (κ3) is 5.91. The Kier molecular flexibility index (Phi) is 5.00. The van der Waals surface area contributed by atoms with Gasteiger partial charge in [0, 0.05) is 5.75 Å². The standard InChI is InChI=1S/C4H9O3S/c5-3-1-2-4-8(6)7/h3,5,8H,1-2,4H2. The van der Waals surface area contributed by atoms with Gasteiger partial charge >= 0.3 is 0 Å². The number of aliphatic hydroxyl groups is 1. The smallest absolute Gasteiger partial charge is 0.140 e. The predicted molar refractivity (Wildman–Crippen MR) is 30.7 cm³/mol. The van der Waals surface area contributed by atoms with Gasteiger partial charge in [-0.25, -0.2) is 8.42 Å². The molecular weight excluding hydrogens is 128 g/mol. The summed E-state index contributed by atoms with van der Waals surface area (Å²) < 4.78 is 19.6. The van der Waals surface area contributed by atoms with Gasteiger partial charge in [0.15, 0.2) is 0 Å². The van der Waals surface area contributed by atoms with Crippen LogP contribution in [0.1, 0.15) is 12.8 Å². The van der Waals surface area contributed by atoms with Gasteiger partial charge in [-0.3, -0.25) is 0 Å². The molecule has 0 amide bonds. The Morgan fingerprint density at radius 2 is 2.12 bits per heavy atom. The molecule has 1 N–H and O–H groups in total. The van der Waals surface area contributed by atoms with E-state index in [0.29, 0.717) is 12.8 Å². The van der Waals surface area contributed by atoms with Crippen LogP contribution in [-0.2, 0) is 10.7 Å². The Labute approximate surface area is 50.3 Å². The summed E-state index contributed by atoms with van der Waals surface area (Å²) in [6, 6.07) is 0. The average Bonchev–Trinajstić information content (AvgIpc) is 1.66. The van der Waals surface area contributed by atoms with E-state index in [1.807, 2.05) is 0 Å². The number of unbranched alkanes of at least 4 members (excludes halogenated alkanes) is 1. The van der Waals surface area contributed by atoms with Crippen molar-refractivity contribution in [3.63, 3.8) is 0 Å². The molecule has 0 bridgehead atoms. The molecule has 0 fully saturated rings. The lowest BCUT2D eigenvalue weighted by molar-refractivity contribution is 0.373. The van der Waals surface area contributed by atoms with Crippen molar-refractivity contribution in [3.05, 3.63) is 6.61 Å². The van der Waals surface area contributed by atoms with Crippen molar-refractivity contribution >= 4 is 10.7 Å². The maximum absolute atomic E-state index is 9.82. The van der Waals surface area contributed by atoms with Crippen LogP contribution >= 0.6 is 0 Å². The molecule has 0 aromatic rings. The first-order valence-corrected chi connectivity index (χ1v) is 3.71. The summed E-state index contributed by atoms with van der Waals surface area (Å²) in [5.74, 6) is 0.173. The summed E-state index contributed by atoms with van der Waals surface area (Å²) in [4.78, 5) is 0. The van der Waals surface area contributed by atoms with Crippen LogP contribution in [0, 0.1) is 6.61 Å². The molecule has 0 aliphatic rings. The maximum atomic E-state index is 9.82. The van der Waals surface area contributed by atoms with Gasteiger partial charge in [0.2, 0.25) is 0 Å². The van der Waals surface area contributed by atoms with E-state index in [2.05, 4.69) is 0 Å². The van der Waals surface area contributed by atoms with Gasteiger partial charge in [-0.1, -0.05) is 0 Å². The van der Waals surface area contributed by atoms with Crippen LogP contribution < -0.4 is 0 Å². The number of rotatable bonds is 4. The Bertz CT molecular complexity index is 99.9. The normalized spacial score (nSPS) is 10.2. The largest absolute Gasteiger partial charge is 0.390 e. The van der Waals surface area contributed by atoms with Gasteiger partial charge < -0.3 is 5.11 Å². The van der Waals surface area contributed by atoms with Crippen LogP contribution in [0.25, 0.3) is 0 Å². The molecule has 1 radical (unpaired) electrons. The fraction of sp³-hybridized carbons (Fsp3) is 0.750. The molecule has 0 aromatic heterocycles. The van der Waals surface area contributed by atoms with E-state index in [0.717, 1.165) is 6.61 Å². The monoisotopic (exact) mass is 137 g/mol. The van der Waals surface area contributed by atoms with Crippen LogP contribution in [0.2, 0.25) is 0 Å². The Hall–Kier alpha value is -0.0900. The highest BCUT2D eigenvalue weighted by molar-refractivity contribution is 7.72. The highest BCUT2D eigenvalue weighted by Crippen LogP contribution is 1.88. The van der Waals surface area contributed by atoms with Crippen LogP contribution in [0.3, 0.4) is 0 Å². The summed E-state index contributed by atoms with van der Waals surface area (Å²) in [5.41, 5.74) is 0. The lowest BCUT2D eigenvalue weighted by Gasteiger charge is -1.85. The third-order valence-electron chi connectivity index (χ3n) is 0.674. The summed E-state index contributed by atoms with van der Waals surface area (Å²) in [6.07, 6.45) is 0.985. The molecule has 49 valence electrons. The zero-order chi connectivity index (χ0) is 6.41. The van der Waals surface area contributed by atoms with E-state index in [1.54, 1.807) is 0 Å². The van der Waals surface area contributed by atoms with E-state index in [4.69, 9.17) is 5.11 Å². The summed E-state index contributed by atoms with van der Waals surface area (Å²) in [6.45, 7) is 0.971. The Morgan fingerprint density at radius 1 is 1.50 bits per heavy atom. The quantitative estimate of drug-likeness (QED) is 0.420. The topological polar surface area (TPSA) is 54.4 Å². The van der Waals surface area contributed by atoms with Gasteiger partial charge in [0.05, 0.1) is 6.61 Å². The SMILES string of the molecule is O=[SH](=O)CCC[CH]O. The second kappa shape index (κ2) is 5.05. The van der Waals surface area contributed by atoms with Crippen molar-refractivity contribution in [2.24, 2.45) is 0 Å². The van der Waals surface area contributed by atoms with E-state index >= 15 is 0 Å². The van der Waals surface area contributed by atoms with E-state index in [1.165, 1.54) is 0 Å². The van der Waals surface area contributed by atoms with Crippen LogP contribution in [0.15, 0.2) is 0 Å². The molecule has 0 aliphatic heterocycles. The van der Waals surface area contributed by atoms with Gasteiger partial charge in [0.25, 0.3) is 0 Å². The van der Waals surface area contributed by atoms with Crippen LogP contribution in [0.4, 0.5) is 0 Å². The molecule has 0 atom stereocenters. The second-order valence-corrected chi connectivity index (χ2v) is 2.49. The molecule has 0 saturated carbocycles. The highest BCUT2D eigenvalue weighted by atomic mass is 32.2. The minimum absolute atomic E-state index is 0.173. The molecule has 3 nitrogen and oxygen atoms in total. The maximum Gasteiger partial charge on any atom is 0.140 e. The first-order chi connectivity index (χ1) is 3.77. The molecule has 0 aromatic carbocycles. The average molecular weight is 137 g/mol. The molecule has 0 spiro atoms. The summed E-state index contributed by atoms with van der Waals surface area (Å²) in [5, 5.41) is 8.06. The van der Waals surface area contributed by atoms with Crippen molar-refractivity contribution in [2.45, 2.75) is 12.8 Å². The zero-order valence-corrected chi connectivity index (χ0v) is 5.30. The van der Waals surface area contributed by atoms with Crippen molar-refractivity contribution in [1.82, 2.24) is 0 Å². The molecule has 0 heterocycles. The molecule has 0 aliphatic carbocycles. The summed E-state index contributed by atoms with van der Waals surface area (Å²) in [7, 11) is -2.24. The molecule has 0 saturated heterocycles. The third-order valence-corrected chi connectivity index (χ3v) is 1.36. The highest BCUT2D eigenvalue weighted by Gasteiger charge is 1.86. The van der Waals surface area contributed by atoms with Crippen molar-refractivity contribution in [2.75, 3.05) is 5.75 Å². The Balaban J connectivity index is 2.94. The van der Waals surface area contributed by atoms with Gasteiger partial charge in [0.1, 0.15) is 10.7 Å². The van der Waals surface area contributed by atoms with E-state index < -0.39 is 10.7 Å². The minimum atomic E-state index is -2.24. The predicted octanol–water partition coefficient (Wildman–Crippen LogP) is -0.0877. The van der Waals surface area contributed by atoms with Gasteiger partial charge in [-0.05, 0) is 12.8 Å². The molecule has 8 heavy (non-hydrogen) atoms. The lowest BCUT2D eigenvalue weighted by atomic mass is 10.4. The fourth-order valence-electron chi connectivity index (χ4n) is 0.312. The number of aliphatic hydroxyl groups excluding tert-OH is 1. The molecular formula is C4H9O3S. The number of hydrogen-bond donors (Lipinski definition) is 2. The first kappa shape index (κ1) is 7.91. The fourth-order valence-corrected chi connectivity index (χ4v) is 0.752. The number of hydrogen-bond acceptors (Lipinski definition) is 3. The molecule has 0 unspecified atom stereocenters. The van der Waals surface area contributed by atoms with Gasteiger partial charge in [-0.2, -0.15) is 0 Å². The van der Waals surface area contributed by atoms with Crippen LogP contribution in [-0.4, -0.2) is 19.3 Å². The van der Waals surface area contributed by atoms with Crippen molar-refractivity contribution < 1.29 is 13.5 Å². The molecule has 0 rings (SSSR count). The van der Waals surface area contributed by atoms with Crippen molar-refractivity contribution in [3.8, 4) is 0 Å². The van der Waals surface area contributed by atoms with Crippen molar-refractivity contribution in [1.29, 1.82) is 0 Å². The zero-order valence-electron chi connectivity index (χ0n) is 4.41. The Morgan fingerprint density at radius 3 is 2.50 bits per heavy atom. The summed E-state index contributed by atoms with van der Waals surface area (Å²) >= 11 is 0. The number of thiol groups is 1. The van der Waals surface area contributed by atoms with E-state index in [9.17, 15) is 8.42 Å². The van der Waals surface area contributed by atoms with E-state index in [-0.39, 0.29) is 5.75 Å². The lowest BCUT2D eigenvalue weighted by Crippen LogP contribution is -1.86. The van der Waals surface area contributed by atoms with Gasteiger partial charge in [-0.15, -0.1) is 0 Å².